The van der Waals surface area contributed by atoms with Gasteiger partial charge in [-0.15, -0.1) is 0 Å². The lowest BCUT2D eigenvalue weighted by molar-refractivity contribution is 0.386. The molecular weight excluding hydrogens is 441 g/mol. The number of furan rings is 1. The second-order valence-electron chi connectivity index (χ2n) is 7.14. The van der Waals surface area contributed by atoms with Gasteiger partial charge in [0.15, 0.2) is 11.6 Å². The van der Waals surface area contributed by atoms with Crippen molar-refractivity contribution in [2.75, 3.05) is 7.11 Å². The van der Waals surface area contributed by atoms with Gasteiger partial charge in [0.05, 0.1) is 41.2 Å². The van der Waals surface area contributed by atoms with E-state index in [4.69, 9.17) is 20.8 Å². The fourth-order valence-electron chi connectivity index (χ4n) is 3.72. The molecular formula is C21H15ClFN5O4. The SMILES string of the molecule is COc1cc(-c2cc3c(o2)c(=O)n(-c2cncc4cnn(C)c24)c(=O)n3C)c(Cl)cc1F. The second-order valence-corrected chi connectivity index (χ2v) is 7.55. The number of halogens is 2. The Labute approximate surface area is 183 Å². The quantitative estimate of drug-likeness (QED) is 0.415. The van der Waals surface area contributed by atoms with E-state index in [1.807, 2.05) is 0 Å². The number of aryl methyl sites for hydroxylation is 2. The molecule has 32 heavy (non-hydrogen) atoms. The highest BCUT2D eigenvalue weighted by atomic mass is 35.5. The molecule has 5 rings (SSSR count). The van der Waals surface area contributed by atoms with E-state index < -0.39 is 17.1 Å². The third-order valence-corrected chi connectivity index (χ3v) is 5.63. The van der Waals surface area contributed by atoms with Gasteiger partial charge in [-0.25, -0.2) is 13.8 Å². The Morgan fingerprint density at radius 1 is 1.12 bits per heavy atom. The number of aromatic nitrogens is 5. The minimum atomic E-state index is -0.671. The topological polar surface area (TPSA) is 97.1 Å². The molecule has 4 aromatic heterocycles. The van der Waals surface area contributed by atoms with Crippen molar-refractivity contribution in [2.24, 2.45) is 14.1 Å². The fraction of sp³-hybridized carbons (Fsp3) is 0.143. The van der Waals surface area contributed by atoms with E-state index >= 15 is 0 Å². The van der Waals surface area contributed by atoms with Crippen LogP contribution in [0.25, 0.3) is 39.0 Å². The first-order valence-electron chi connectivity index (χ1n) is 9.37. The van der Waals surface area contributed by atoms with Gasteiger partial charge in [-0.1, -0.05) is 11.6 Å². The molecule has 0 N–H and O–H groups in total. The highest BCUT2D eigenvalue weighted by molar-refractivity contribution is 6.33. The monoisotopic (exact) mass is 455 g/mol. The summed E-state index contributed by atoms with van der Waals surface area (Å²) in [5.41, 5.74) is 0.0839. The van der Waals surface area contributed by atoms with Crippen molar-refractivity contribution in [2.45, 2.75) is 0 Å². The lowest BCUT2D eigenvalue weighted by atomic mass is 10.1. The Balaban J connectivity index is 1.83. The van der Waals surface area contributed by atoms with Gasteiger partial charge in [-0.3, -0.25) is 19.0 Å². The number of hydrogen-bond donors (Lipinski definition) is 0. The first kappa shape index (κ1) is 20.0. The summed E-state index contributed by atoms with van der Waals surface area (Å²) in [7, 11) is 4.54. The number of benzene rings is 1. The van der Waals surface area contributed by atoms with Gasteiger partial charge in [0.2, 0.25) is 5.58 Å². The number of nitrogens with zero attached hydrogens (tertiary/aromatic N) is 5. The predicted molar refractivity (Wildman–Crippen MR) is 116 cm³/mol. The van der Waals surface area contributed by atoms with Gasteiger partial charge >= 0.3 is 11.2 Å². The van der Waals surface area contributed by atoms with Crippen molar-refractivity contribution in [1.82, 2.24) is 23.9 Å². The van der Waals surface area contributed by atoms with Crippen LogP contribution < -0.4 is 16.0 Å². The molecule has 0 radical (unpaired) electrons. The number of methoxy groups -OCH3 is 1. The van der Waals surface area contributed by atoms with Gasteiger partial charge in [0.1, 0.15) is 5.76 Å². The maximum absolute atomic E-state index is 14.0. The zero-order valence-corrected chi connectivity index (χ0v) is 17.8. The molecule has 9 nitrogen and oxygen atoms in total. The van der Waals surface area contributed by atoms with Crippen molar-refractivity contribution < 1.29 is 13.5 Å². The van der Waals surface area contributed by atoms with E-state index in [-0.39, 0.29) is 33.3 Å². The maximum Gasteiger partial charge on any atom is 0.336 e. The van der Waals surface area contributed by atoms with Gasteiger partial charge < -0.3 is 9.15 Å². The lowest BCUT2D eigenvalue weighted by Gasteiger charge is -2.09. The van der Waals surface area contributed by atoms with Crippen molar-refractivity contribution in [1.29, 1.82) is 0 Å². The summed E-state index contributed by atoms with van der Waals surface area (Å²) in [5, 5.41) is 4.91. The Hall–Kier alpha value is -3.92. The molecule has 0 atom stereocenters. The summed E-state index contributed by atoms with van der Waals surface area (Å²) >= 11 is 6.20. The summed E-state index contributed by atoms with van der Waals surface area (Å²) in [6.45, 7) is 0. The minimum Gasteiger partial charge on any atom is -0.494 e. The molecule has 5 aromatic rings. The average Bonchev–Trinajstić information content (AvgIpc) is 3.38. The highest BCUT2D eigenvalue weighted by Crippen LogP contribution is 2.35. The Bertz CT molecular complexity index is 1660. The maximum atomic E-state index is 14.0. The predicted octanol–water partition coefficient (Wildman–Crippen LogP) is 3.03. The summed E-state index contributed by atoms with van der Waals surface area (Å²) in [6, 6.07) is 3.96. The highest BCUT2D eigenvalue weighted by Gasteiger charge is 2.22. The third-order valence-electron chi connectivity index (χ3n) is 5.32. The summed E-state index contributed by atoms with van der Waals surface area (Å²) in [4.78, 5) is 30.7. The first-order valence-corrected chi connectivity index (χ1v) is 9.74. The Morgan fingerprint density at radius 2 is 1.91 bits per heavy atom. The minimum absolute atomic E-state index is 0.0369. The molecule has 0 aliphatic carbocycles. The smallest absolute Gasteiger partial charge is 0.336 e. The van der Waals surface area contributed by atoms with Crippen LogP contribution in [0.15, 0.2) is 50.8 Å². The molecule has 11 heteroatoms. The normalized spacial score (nSPS) is 11.5. The zero-order chi connectivity index (χ0) is 22.7. The van der Waals surface area contributed by atoms with Crippen LogP contribution in [0.2, 0.25) is 5.02 Å². The Morgan fingerprint density at radius 3 is 2.66 bits per heavy atom. The zero-order valence-electron chi connectivity index (χ0n) is 17.1. The third kappa shape index (κ3) is 2.76. The summed E-state index contributed by atoms with van der Waals surface area (Å²) in [6.07, 6.45) is 4.60. The summed E-state index contributed by atoms with van der Waals surface area (Å²) in [5.74, 6) is -0.487. The average molecular weight is 456 g/mol. The lowest BCUT2D eigenvalue weighted by Crippen LogP contribution is -2.37. The molecule has 4 heterocycles. The van der Waals surface area contributed by atoms with Crippen LogP contribution in [0, 0.1) is 5.82 Å². The van der Waals surface area contributed by atoms with Gasteiger partial charge in [0, 0.05) is 37.3 Å². The molecule has 0 fully saturated rings. The van der Waals surface area contributed by atoms with Crippen LogP contribution in [-0.2, 0) is 14.1 Å². The molecule has 162 valence electrons. The summed E-state index contributed by atoms with van der Waals surface area (Å²) < 4.78 is 28.6. The van der Waals surface area contributed by atoms with Crippen molar-refractivity contribution in [3.63, 3.8) is 0 Å². The van der Waals surface area contributed by atoms with Gasteiger partial charge in [0.25, 0.3) is 0 Å². The van der Waals surface area contributed by atoms with Gasteiger partial charge in [-0.05, 0) is 12.1 Å². The molecule has 0 saturated carbocycles. The van der Waals surface area contributed by atoms with E-state index in [1.54, 1.807) is 24.1 Å². The van der Waals surface area contributed by atoms with Gasteiger partial charge in [-0.2, -0.15) is 5.10 Å². The fourth-order valence-corrected chi connectivity index (χ4v) is 3.96. The van der Waals surface area contributed by atoms with Crippen molar-refractivity contribution in [3.05, 3.63) is 68.5 Å². The van der Waals surface area contributed by atoms with Crippen molar-refractivity contribution >= 4 is 33.6 Å². The molecule has 0 spiro atoms. The number of hydrogen-bond acceptors (Lipinski definition) is 6. The van der Waals surface area contributed by atoms with Crippen LogP contribution >= 0.6 is 11.6 Å². The number of pyridine rings is 1. The first-order chi connectivity index (χ1) is 15.3. The van der Waals surface area contributed by atoms with E-state index in [9.17, 15) is 14.0 Å². The second kappa shape index (κ2) is 7.06. The molecule has 0 aliphatic heterocycles. The Kier molecular flexibility index (Phi) is 4.41. The van der Waals surface area contributed by atoms with Crippen LogP contribution in [0.5, 0.6) is 5.75 Å². The van der Waals surface area contributed by atoms with E-state index in [0.717, 1.165) is 10.6 Å². The van der Waals surface area contributed by atoms with E-state index in [2.05, 4.69) is 10.1 Å². The molecule has 0 saturated heterocycles. The van der Waals surface area contributed by atoms with E-state index in [1.165, 1.54) is 37.1 Å². The number of fused-ring (bicyclic) bond motifs is 2. The standard InChI is InChI=1S/C21H15ClFN5O4/c1-26-14-6-16(11-4-17(31-3)13(23)5-12(11)22)32-19(14)20(29)28(21(26)30)15-9-24-7-10-8-25-27(2)18(10)15/h4-9H,1-3H3. The van der Waals surface area contributed by atoms with Crippen LogP contribution in [0.3, 0.4) is 0 Å². The van der Waals surface area contributed by atoms with Crippen LogP contribution in [0.4, 0.5) is 4.39 Å². The molecule has 0 bridgehead atoms. The van der Waals surface area contributed by atoms with Crippen LogP contribution in [-0.4, -0.2) is 31.0 Å². The number of ether oxygens (including phenoxy) is 1. The van der Waals surface area contributed by atoms with Crippen LogP contribution in [0.1, 0.15) is 0 Å². The molecule has 0 unspecified atom stereocenters. The molecule has 1 aromatic carbocycles. The largest absolute Gasteiger partial charge is 0.494 e. The van der Waals surface area contributed by atoms with Crippen molar-refractivity contribution in [3.8, 4) is 22.8 Å². The number of rotatable bonds is 3. The molecule has 0 aliphatic rings. The van der Waals surface area contributed by atoms with E-state index in [0.29, 0.717) is 16.5 Å². The molecule has 0 amide bonds.